The molecular formula is C13H19I. The fraction of sp³-hybridized carbons (Fsp3) is 0.538. The molecule has 78 valence electrons. The van der Waals surface area contributed by atoms with Crippen LogP contribution in [0.4, 0.5) is 0 Å². The predicted molar refractivity (Wildman–Crippen MR) is 71.8 cm³/mol. The van der Waals surface area contributed by atoms with Gasteiger partial charge in [0.25, 0.3) is 0 Å². The summed E-state index contributed by atoms with van der Waals surface area (Å²) in [5.41, 5.74) is 2.94. The van der Waals surface area contributed by atoms with E-state index in [1.165, 1.54) is 21.1 Å². The minimum Gasteiger partial charge on any atom is -0.0625 e. The highest BCUT2D eigenvalue weighted by molar-refractivity contribution is 14.1. The van der Waals surface area contributed by atoms with Crippen LogP contribution in [0.15, 0.2) is 18.2 Å². The van der Waals surface area contributed by atoms with Crippen molar-refractivity contribution in [2.75, 3.05) is 0 Å². The van der Waals surface area contributed by atoms with Gasteiger partial charge in [0.15, 0.2) is 0 Å². The summed E-state index contributed by atoms with van der Waals surface area (Å²) < 4.78 is 1.42. The first-order chi connectivity index (χ1) is 6.50. The molecule has 0 saturated heterocycles. The third kappa shape index (κ3) is 3.26. The monoisotopic (exact) mass is 302 g/mol. The van der Waals surface area contributed by atoms with Crippen molar-refractivity contribution in [3.05, 3.63) is 32.9 Å². The summed E-state index contributed by atoms with van der Waals surface area (Å²) in [5.74, 6) is 1.38. The van der Waals surface area contributed by atoms with E-state index in [9.17, 15) is 0 Å². The quantitative estimate of drug-likeness (QED) is 0.715. The minimum atomic E-state index is 0.636. The highest BCUT2D eigenvalue weighted by Gasteiger charge is 2.05. The van der Waals surface area contributed by atoms with Crippen LogP contribution < -0.4 is 0 Å². The van der Waals surface area contributed by atoms with E-state index in [2.05, 4.69) is 68.5 Å². The molecule has 0 aliphatic heterocycles. The third-order valence-corrected chi connectivity index (χ3v) is 3.38. The zero-order valence-electron chi connectivity index (χ0n) is 9.47. The van der Waals surface area contributed by atoms with Gasteiger partial charge in [-0.1, -0.05) is 39.8 Å². The Kier molecular flexibility index (Phi) is 4.42. The number of rotatable bonds is 3. The van der Waals surface area contributed by atoms with Gasteiger partial charge in [-0.3, -0.25) is 0 Å². The molecule has 0 bridgehead atoms. The first-order valence-corrected chi connectivity index (χ1v) is 6.37. The van der Waals surface area contributed by atoms with Crippen molar-refractivity contribution in [1.29, 1.82) is 0 Å². The third-order valence-electron chi connectivity index (χ3n) is 2.37. The first-order valence-electron chi connectivity index (χ1n) is 5.29. The van der Waals surface area contributed by atoms with Gasteiger partial charge < -0.3 is 0 Å². The summed E-state index contributed by atoms with van der Waals surface area (Å²) in [4.78, 5) is 0. The summed E-state index contributed by atoms with van der Waals surface area (Å²) in [6.45, 7) is 9.03. The summed E-state index contributed by atoms with van der Waals surface area (Å²) in [5, 5.41) is 0. The molecule has 14 heavy (non-hydrogen) atoms. The number of hydrogen-bond acceptors (Lipinski definition) is 0. The van der Waals surface area contributed by atoms with Crippen LogP contribution >= 0.6 is 22.6 Å². The van der Waals surface area contributed by atoms with Crippen LogP contribution in [-0.4, -0.2) is 0 Å². The molecule has 0 saturated carbocycles. The van der Waals surface area contributed by atoms with Gasteiger partial charge in [-0.05, 0) is 58.0 Å². The number of benzene rings is 1. The summed E-state index contributed by atoms with van der Waals surface area (Å²) in [6.07, 6.45) is 1.19. The second kappa shape index (κ2) is 5.15. The van der Waals surface area contributed by atoms with E-state index >= 15 is 0 Å². The zero-order chi connectivity index (χ0) is 10.7. The Balaban J connectivity index is 2.90. The maximum atomic E-state index is 2.45. The van der Waals surface area contributed by atoms with E-state index in [1.807, 2.05) is 0 Å². The van der Waals surface area contributed by atoms with Gasteiger partial charge in [0.2, 0.25) is 0 Å². The molecule has 1 rings (SSSR count). The Morgan fingerprint density at radius 1 is 1.14 bits per heavy atom. The highest BCUT2D eigenvalue weighted by atomic mass is 127. The second-order valence-electron chi connectivity index (χ2n) is 4.60. The van der Waals surface area contributed by atoms with Crippen LogP contribution in [0.2, 0.25) is 0 Å². The average molecular weight is 302 g/mol. The van der Waals surface area contributed by atoms with Crippen molar-refractivity contribution < 1.29 is 0 Å². The van der Waals surface area contributed by atoms with Gasteiger partial charge in [-0.2, -0.15) is 0 Å². The fourth-order valence-electron chi connectivity index (χ4n) is 1.53. The molecule has 0 aliphatic carbocycles. The van der Waals surface area contributed by atoms with Gasteiger partial charge in [-0.25, -0.2) is 0 Å². The number of hydrogen-bond donors (Lipinski definition) is 0. The van der Waals surface area contributed by atoms with Crippen LogP contribution in [0.3, 0.4) is 0 Å². The van der Waals surface area contributed by atoms with Crippen molar-refractivity contribution in [3.8, 4) is 0 Å². The predicted octanol–water partition coefficient (Wildman–Crippen LogP) is 4.61. The molecule has 0 spiro atoms. The second-order valence-corrected chi connectivity index (χ2v) is 5.77. The molecule has 0 radical (unpaired) electrons. The Labute approximate surface area is 101 Å². The van der Waals surface area contributed by atoms with Gasteiger partial charge >= 0.3 is 0 Å². The van der Waals surface area contributed by atoms with Gasteiger partial charge in [0, 0.05) is 3.57 Å². The highest BCUT2D eigenvalue weighted by Crippen LogP contribution is 2.22. The van der Waals surface area contributed by atoms with Gasteiger partial charge in [-0.15, -0.1) is 0 Å². The fourth-order valence-corrected chi connectivity index (χ4v) is 2.29. The van der Waals surface area contributed by atoms with Crippen molar-refractivity contribution in [2.45, 2.75) is 40.0 Å². The van der Waals surface area contributed by atoms with E-state index in [0.717, 1.165) is 5.92 Å². The molecule has 1 aromatic rings. The number of halogens is 1. The average Bonchev–Trinajstić information content (AvgIpc) is 2.07. The Morgan fingerprint density at radius 2 is 1.79 bits per heavy atom. The SMILES string of the molecule is CC(C)Cc1ccc(C(C)C)cc1I. The van der Waals surface area contributed by atoms with E-state index in [4.69, 9.17) is 0 Å². The van der Waals surface area contributed by atoms with Crippen molar-refractivity contribution in [2.24, 2.45) is 5.92 Å². The van der Waals surface area contributed by atoms with Crippen LogP contribution in [0.5, 0.6) is 0 Å². The molecule has 0 heterocycles. The molecule has 0 fully saturated rings. The molecule has 0 aliphatic rings. The Morgan fingerprint density at radius 3 is 2.21 bits per heavy atom. The molecule has 0 nitrogen and oxygen atoms in total. The molecule has 1 heteroatoms. The summed E-state index contributed by atoms with van der Waals surface area (Å²) in [6, 6.07) is 6.88. The molecule has 1 aromatic carbocycles. The lowest BCUT2D eigenvalue weighted by molar-refractivity contribution is 0.645. The molecule has 0 amide bonds. The molecule has 0 N–H and O–H groups in total. The smallest absolute Gasteiger partial charge is 0.0165 e. The molecule has 0 aromatic heterocycles. The van der Waals surface area contributed by atoms with Crippen molar-refractivity contribution in [1.82, 2.24) is 0 Å². The first kappa shape index (κ1) is 12.0. The van der Waals surface area contributed by atoms with Crippen LogP contribution in [0.1, 0.15) is 44.7 Å². The van der Waals surface area contributed by atoms with E-state index < -0.39 is 0 Å². The van der Waals surface area contributed by atoms with Crippen LogP contribution in [-0.2, 0) is 6.42 Å². The molecule has 0 atom stereocenters. The van der Waals surface area contributed by atoms with Crippen molar-refractivity contribution >= 4 is 22.6 Å². The van der Waals surface area contributed by atoms with E-state index in [0.29, 0.717) is 5.92 Å². The maximum absolute atomic E-state index is 2.45. The largest absolute Gasteiger partial charge is 0.0625 e. The zero-order valence-corrected chi connectivity index (χ0v) is 11.6. The van der Waals surface area contributed by atoms with Crippen molar-refractivity contribution in [3.63, 3.8) is 0 Å². The van der Waals surface area contributed by atoms with E-state index in [-0.39, 0.29) is 0 Å². The van der Waals surface area contributed by atoms with Crippen LogP contribution in [0, 0.1) is 9.49 Å². The topological polar surface area (TPSA) is 0 Å². The normalized spacial score (nSPS) is 11.4. The standard InChI is InChI=1S/C13H19I/c1-9(2)7-12-6-5-11(10(3)4)8-13(12)14/h5-6,8-10H,7H2,1-4H3. The summed E-state index contributed by atoms with van der Waals surface area (Å²) in [7, 11) is 0. The Hall–Kier alpha value is -0.0500. The lowest BCUT2D eigenvalue weighted by Gasteiger charge is -2.11. The molecule has 0 unspecified atom stereocenters. The van der Waals surface area contributed by atoms with Crippen LogP contribution in [0.25, 0.3) is 0 Å². The minimum absolute atomic E-state index is 0.636. The van der Waals surface area contributed by atoms with E-state index in [1.54, 1.807) is 0 Å². The molecular weight excluding hydrogens is 283 g/mol. The summed E-state index contributed by atoms with van der Waals surface area (Å²) >= 11 is 2.45. The lowest BCUT2D eigenvalue weighted by atomic mass is 9.98. The van der Waals surface area contributed by atoms with Gasteiger partial charge in [0.05, 0.1) is 0 Å². The van der Waals surface area contributed by atoms with Gasteiger partial charge in [0.1, 0.15) is 0 Å². The maximum Gasteiger partial charge on any atom is 0.0165 e. The Bertz CT molecular complexity index is 300. The lowest BCUT2D eigenvalue weighted by Crippen LogP contribution is -1.98.